The van der Waals surface area contributed by atoms with E-state index < -0.39 is 0 Å². The third-order valence-corrected chi connectivity index (χ3v) is 8.53. The first kappa shape index (κ1) is 30.3. The van der Waals surface area contributed by atoms with Crippen LogP contribution in [0.2, 0.25) is 0 Å². The second-order valence-electron chi connectivity index (χ2n) is 11.0. The smallest absolute Gasteiger partial charge is 0.187 e. The molecule has 10 heteroatoms. The Balaban J connectivity index is 1.24. The van der Waals surface area contributed by atoms with Crippen LogP contribution >= 0.6 is 24.4 Å². The molecule has 0 amide bonds. The summed E-state index contributed by atoms with van der Waals surface area (Å²) in [6, 6.07) is 16.7. The lowest BCUT2D eigenvalue weighted by Gasteiger charge is -2.26. The number of fused-ring (bicyclic) bond motifs is 2. The van der Waals surface area contributed by atoms with Crippen molar-refractivity contribution in [2.75, 3.05) is 52.4 Å². The number of thiocarbonyl (C=S) groups is 2. The number of likely N-dealkylation sites (tertiary alicyclic amines) is 2. The van der Waals surface area contributed by atoms with E-state index in [-0.39, 0.29) is 0 Å². The maximum Gasteiger partial charge on any atom is 0.187 e. The Kier molecular flexibility index (Phi) is 11.5. The van der Waals surface area contributed by atoms with E-state index in [4.69, 9.17) is 24.4 Å². The Hall–Kier alpha value is -3.18. The zero-order valence-electron chi connectivity index (χ0n) is 24.3. The van der Waals surface area contributed by atoms with E-state index in [1.54, 1.807) is 0 Å². The molecule has 0 unspecified atom stereocenters. The average Bonchev–Trinajstić information content (AvgIpc) is 3.03. The van der Waals surface area contributed by atoms with Crippen molar-refractivity contribution in [3.05, 3.63) is 59.7 Å². The molecule has 0 spiro atoms. The molecule has 2 fully saturated rings. The number of rotatable bonds is 10. The summed E-state index contributed by atoms with van der Waals surface area (Å²) >= 11 is 11.0. The van der Waals surface area contributed by atoms with Crippen molar-refractivity contribution in [3.8, 4) is 0 Å². The second kappa shape index (κ2) is 15.9. The highest BCUT2D eigenvalue weighted by Crippen LogP contribution is 2.31. The summed E-state index contributed by atoms with van der Waals surface area (Å²) in [4.78, 5) is 4.98. The van der Waals surface area contributed by atoms with Crippen LogP contribution in [-0.2, 0) is 0 Å². The molecule has 2 saturated heterocycles. The number of hydrazone groups is 2. The van der Waals surface area contributed by atoms with Crippen molar-refractivity contribution in [1.29, 1.82) is 0 Å². The molecule has 3 aromatic carbocycles. The van der Waals surface area contributed by atoms with Crippen molar-refractivity contribution in [3.63, 3.8) is 0 Å². The summed E-state index contributed by atoms with van der Waals surface area (Å²) in [7, 11) is 0. The molecule has 222 valence electrons. The second-order valence-corrected chi connectivity index (χ2v) is 11.8. The first-order valence-electron chi connectivity index (χ1n) is 15.2. The van der Waals surface area contributed by atoms with Gasteiger partial charge in [0.05, 0.1) is 12.4 Å². The quantitative estimate of drug-likeness (QED) is 0.117. The lowest BCUT2D eigenvalue weighted by atomic mass is 9.92. The van der Waals surface area contributed by atoms with Gasteiger partial charge in [-0.25, -0.2) is 0 Å². The van der Waals surface area contributed by atoms with Crippen LogP contribution in [0, 0.1) is 0 Å². The number of hydrogen-bond acceptors (Lipinski definition) is 6. The van der Waals surface area contributed by atoms with Crippen LogP contribution in [0.15, 0.2) is 58.7 Å². The van der Waals surface area contributed by atoms with Crippen LogP contribution in [0.1, 0.15) is 49.7 Å². The van der Waals surface area contributed by atoms with Crippen molar-refractivity contribution in [1.82, 2.24) is 31.3 Å². The van der Waals surface area contributed by atoms with Gasteiger partial charge >= 0.3 is 0 Å². The summed E-state index contributed by atoms with van der Waals surface area (Å²) in [5.41, 5.74) is 8.08. The maximum absolute atomic E-state index is 5.48. The lowest BCUT2D eigenvalue weighted by molar-refractivity contribution is 0.232. The average molecular weight is 603 g/mol. The maximum atomic E-state index is 5.48. The van der Waals surface area contributed by atoms with E-state index in [0.717, 1.165) is 58.9 Å². The third kappa shape index (κ3) is 8.44. The minimum absolute atomic E-state index is 0.534. The standard InChI is InChI=1S/C32H42N8S2/c41-31(33-15-21-39-17-7-1-8-18-39)37-35-23-29-25-11-3-5-13-27(25)30(28-14-6-4-12-26(28)29)24-36-38-32(42)34-16-22-40-19-9-2-10-20-40/h3-6,11-14,23-24H,1-2,7-10,15-22H2,(H2,33,37,41)(H2,34,38,42)/b35-23+,36-24+. The highest BCUT2D eigenvalue weighted by Gasteiger charge is 2.13. The van der Waals surface area contributed by atoms with Gasteiger partial charge in [0.15, 0.2) is 10.2 Å². The molecule has 0 aliphatic carbocycles. The predicted octanol–water partition coefficient (Wildman–Crippen LogP) is 4.56. The van der Waals surface area contributed by atoms with Crippen LogP contribution in [0.4, 0.5) is 0 Å². The number of hydrogen-bond donors (Lipinski definition) is 4. The molecule has 0 saturated carbocycles. The van der Waals surface area contributed by atoms with Crippen LogP contribution < -0.4 is 21.5 Å². The van der Waals surface area contributed by atoms with E-state index in [1.807, 2.05) is 12.4 Å². The first-order valence-corrected chi connectivity index (χ1v) is 16.0. The van der Waals surface area contributed by atoms with E-state index in [0.29, 0.717) is 10.2 Å². The Bertz CT molecular complexity index is 1250. The van der Waals surface area contributed by atoms with Gasteiger partial charge in [-0.3, -0.25) is 10.9 Å². The molecule has 2 heterocycles. The molecular formula is C32H42N8S2. The fourth-order valence-electron chi connectivity index (χ4n) is 5.89. The van der Waals surface area contributed by atoms with Gasteiger partial charge in [0.2, 0.25) is 0 Å². The van der Waals surface area contributed by atoms with Crippen molar-refractivity contribution in [2.45, 2.75) is 38.5 Å². The van der Waals surface area contributed by atoms with Gasteiger partial charge < -0.3 is 20.4 Å². The Morgan fingerprint density at radius 1 is 0.595 bits per heavy atom. The largest absolute Gasteiger partial charge is 0.360 e. The molecule has 42 heavy (non-hydrogen) atoms. The molecule has 2 aliphatic rings. The number of nitrogens with one attached hydrogen (secondary N) is 4. The molecule has 0 atom stereocenters. The van der Waals surface area contributed by atoms with Gasteiger partial charge in [-0.15, -0.1) is 0 Å². The SMILES string of the molecule is S=C(NCCN1CCCCC1)N/N=C/c1c2ccccc2c(/C=N/NC(=S)NCCN2CCCCC2)c2ccccc12. The van der Waals surface area contributed by atoms with E-state index in [1.165, 1.54) is 64.7 Å². The number of benzene rings is 3. The molecule has 0 radical (unpaired) electrons. The number of piperidine rings is 2. The molecular weight excluding hydrogens is 561 g/mol. The van der Waals surface area contributed by atoms with Gasteiger partial charge in [-0.1, -0.05) is 61.4 Å². The molecule has 4 N–H and O–H groups in total. The van der Waals surface area contributed by atoms with E-state index >= 15 is 0 Å². The summed E-state index contributed by atoms with van der Waals surface area (Å²) in [6.45, 7) is 8.34. The topological polar surface area (TPSA) is 79.3 Å². The highest BCUT2D eigenvalue weighted by atomic mass is 32.1. The molecule has 5 rings (SSSR count). The van der Waals surface area contributed by atoms with E-state index in [2.05, 4.69) is 90.0 Å². The Labute approximate surface area is 260 Å². The minimum Gasteiger partial charge on any atom is -0.360 e. The Morgan fingerprint density at radius 2 is 0.952 bits per heavy atom. The molecule has 3 aromatic rings. The van der Waals surface area contributed by atoms with Crippen molar-refractivity contribution in [2.24, 2.45) is 10.2 Å². The minimum atomic E-state index is 0.534. The number of nitrogens with zero attached hydrogens (tertiary/aromatic N) is 4. The van der Waals surface area contributed by atoms with Gasteiger partial charge in [0, 0.05) is 37.3 Å². The van der Waals surface area contributed by atoms with Gasteiger partial charge in [-0.05, 0) is 97.8 Å². The highest BCUT2D eigenvalue weighted by molar-refractivity contribution is 7.80. The molecule has 0 bridgehead atoms. The summed E-state index contributed by atoms with van der Waals surface area (Å²) in [5, 5.41) is 21.0. The zero-order valence-corrected chi connectivity index (χ0v) is 25.9. The monoisotopic (exact) mass is 602 g/mol. The van der Waals surface area contributed by atoms with E-state index in [9.17, 15) is 0 Å². The normalized spacial score (nSPS) is 16.8. The van der Waals surface area contributed by atoms with Gasteiger partial charge in [-0.2, -0.15) is 10.2 Å². The predicted molar refractivity (Wildman–Crippen MR) is 185 cm³/mol. The zero-order chi connectivity index (χ0) is 29.0. The van der Waals surface area contributed by atoms with Gasteiger partial charge in [0.1, 0.15) is 0 Å². The van der Waals surface area contributed by atoms with Crippen LogP contribution in [0.25, 0.3) is 21.5 Å². The summed E-state index contributed by atoms with van der Waals surface area (Å²) in [5.74, 6) is 0. The van der Waals surface area contributed by atoms with Crippen LogP contribution in [0.5, 0.6) is 0 Å². The van der Waals surface area contributed by atoms with Gasteiger partial charge in [0.25, 0.3) is 0 Å². The van der Waals surface area contributed by atoms with Crippen molar-refractivity contribution < 1.29 is 0 Å². The fourth-order valence-corrected chi connectivity index (χ4v) is 6.19. The summed E-state index contributed by atoms with van der Waals surface area (Å²) < 4.78 is 0. The summed E-state index contributed by atoms with van der Waals surface area (Å²) in [6.07, 6.45) is 11.6. The fraction of sp³-hybridized carbons (Fsp3) is 0.438. The third-order valence-electron chi connectivity index (χ3n) is 8.06. The first-order chi connectivity index (χ1) is 20.7. The van der Waals surface area contributed by atoms with Crippen molar-refractivity contribution >= 4 is 68.6 Å². The lowest BCUT2D eigenvalue weighted by Crippen LogP contribution is -2.40. The molecule has 0 aromatic heterocycles. The Morgan fingerprint density at radius 3 is 1.31 bits per heavy atom. The molecule has 8 nitrogen and oxygen atoms in total. The van der Waals surface area contributed by atoms with Crippen LogP contribution in [-0.4, -0.2) is 84.8 Å². The molecule has 2 aliphatic heterocycles. The van der Waals surface area contributed by atoms with Crippen LogP contribution in [0.3, 0.4) is 0 Å².